The molecule has 2 fully saturated rings. The van der Waals surface area contributed by atoms with Gasteiger partial charge in [-0.25, -0.2) is 9.24 Å². The quantitative estimate of drug-likeness (QED) is 0.583. The van der Waals surface area contributed by atoms with Crippen LogP contribution in [0.4, 0.5) is 0 Å². The monoisotopic (exact) mass is 438 g/mol. The highest BCUT2D eigenvalue weighted by molar-refractivity contribution is 7.51. The number of rotatable bonds is 5. The molecular weight excluding hydrogens is 411 g/mol. The fourth-order valence-electron chi connectivity index (χ4n) is 4.57. The maximum Gasteiger partial charge on any atom is 0.410 e. The highest BCUT2D eigenvalue weighted by Gasteiger charge is 2.56. The summed E-state index contributed by atoms with van der Waals surface area (Å²) in [5.74, 6) is -0.292. The van der Waals surface area contributed by atoms with E-state index in [1.54, 1.807) is 23.9 Å². The van der Waals surface area contributed by atoms with Crippen molar-refractivity contribution in [2.75, 3.05) is 7.05 Å². The molecular formula is C24H27N2O4P. The molecule has 162 valence electrons. The Kier molecular flexibility index (Phi) is 6.14. The Morgan fingerprint density at radius 2 is 1.81 bits per heavy atom. The van der Waals surface area contributed by atoms with Gasteiger partial charge in [-0.1, -0.05) is 60.7 Å². The van der Waals surface area contributed by atoms with Crippen LogP contribution in [0.15, 0.2) is 60.7 Å². The van der Waals surface area contributed by atoms with Gasteiger partial charge in [0.2, 0.25) is 0 Å². The van der Waals surface area contributed by atoms with Crippen molar-refractivity contribution in [1.82, 2.24) is 4.67 Å². The number of benzene rings is 2. The van der Waals surface area contributed by atoms with Crippen LogP contribution in [0, 0.1) is 17.2 Å². The maximum atomic E-state index is 14.1. The molecule has 1 heterocycles. The lowest BCUT2D eigenvalue weighted by Crippen LogP contribution is -2.40. The molecule has 6 nitrogen and oxygen atoms in total. The molecule has 2 aromatic carbocycles. The van der Waals surface area contributed by atoms with E-state index < -0.39 is 25.4 Å². The third-order valence-corrected chi connectivity index (χ3v) is 8.62. The Labute approximate surface area is 183 Å². The second-order valence-corrected chi connectivity index (χ2v) is 10.3. The van der Waals surface area contributed by atoms with E-state index in [9.17, 15) is 14.6 Å². The van der Waals surface area contributed by atoms with E-state index in [1.807, 2.05) is 55.5 Å². The molecule has 0 amide bonds. The van der Waals surface area contributed by atoms with Gasteiger partial charge in [0.25, 0.3) is 0 Å². The van der Waals surface area contributed by atoms with Crippen molar-refractivity contribution in [1.29, 1.82) is 5.26 Å². The molecule has 0 N–H and O–H groups in total. The zero-order valence-corrected chi connectivity index (χ0v) is 18.7. The van der Waals surface area contributed by atoms with Gasteiger partial charge in [-0.15, -0.1) is 0 Å². The maximum absolute atomic E-state index is 14.1. The number of hydrogen-bond donors (Lipinski definition) is 0. The predicted octanol–water partition coefficient (Wildman–Crippen LogP) is 5.38. The summed E-state index contributed by atoms with van der Waals surface area (Å²) in [5.41, 5.74) is -0.0367. The lowest BCUT2D eigenvalue weighted by molar-refractivity contribution is -0.124. The van der Waals surface area contributed by atoms with Crippen LogP contribution in [-0.2, 0) is 24.0 Å². The standard InChI is InChI=1S/C24H27N2O4P/c1-18-23(19-10-5-3-6-11-19)29-31(28,26(18)2)30-24(17-25,20-12-7-4-8-13-20)21-14-9-15-22(27)16-21/h3-8,10-13,18,21,23H,9,14-16H2,1-2H3. The topological polar surface area (TPSA) is 79.6 Å². The number of hydrogen-bond acceptors (Lipinski definition) is 5. The summed E-state index contributed by atoms with van der Waals surface area (Å²) in [6.07, 6.45) is 1.62. The number of carbonyl (C=O) groups is 1. The van der Waals surface area contributed by atoms with Gasteiger partial charge < -0.3 is 0 Å². The largest absolute Gasteiger partial charge is 0.410 e. The van der Waals surface area contributed by atoms with Crippen LogP contribution in [0.25, 0.3) is 0 Å². The van der Waals surface area contributed by atoms with Crippen LogP contribution in [0.2, 0.25) is 0 Å². The molecule has 5 atom stereocenters. The Morgan fingerprint density at radius 3 is 2.42 bits per heavy atom. The molecule has 0 aromatic heterocycles. The van der Waals surface area contributed by atoms with Crippen LogP contribution in [-0.4, -0.2) is 23.5 Å². The number of carbonyl (C=O) groups excluding carboxylic acids is 1. The van der Waals surface area contributed by atoms with Gasteiger partial charge in [0.05, 0.1) is 0 Å². The average Bonchev–Trinajstić information content (AvgIpc) is 3.03. The van der Waals surface area contributed by atoms with Crippen molar-refractivity contribution in [3.05, 3.63) is 71.8 Å². The highest BCUT2D eigenvalue weighted by atomic mass is 31.2. The number of nitriles is 1. The van der Waals surface area contributed by atoms with Gasteiger partial charge in [-0.2, -0.15) is 5.26 Å². The first-order chi connectivity index (χ1) is 14.9. The fourth-order valence-corrected chi connectivity index (χ4v) is 6.70. The van der Waals surface area contributed by atoms with E-state index in [4.69, 9.17) is 9.05 Å². The molecule has 0 spiro atoms. The van der Waals surface area contributed by atoms with Gasteiger partial charge in [-0.3, -0.25) is 13.8 Å². The SMILES string of the molecule is CC1C(c2ccccc2)OP(=O)(OC(C#N)(c2ccccc2)C2CCCC(=O)C2)N1C. The van der Waals surface area contributed by atoms with E-state index in [1.165, 1.54) is 0 Å². The molecule has 1 aliphatic heterocycles. The van der Waals surface area contributed by atoms with Gasteiger partial charge in [-0.05, 0) is 37.9 Å². The van der Waals surface area contributed by atoms with Gasteiger partial charge in [0, 0.05) is 24.8 Å². The molecule has 1 saturated heterocycles. The van der Waals surface area contributed by atoms with Crippen LogP contribution in [0.5, 0.6) is 0 Å². The van der Waals surface area contributed by atoms with E-state index in [-0.39, 0.29) is 18.2 Å². The molecule has 2 aromatic rings. The second-order valence-electron chi connectivity index (χ2n) is 8.36. The number of likely N-dealkylation sites (N-methyl/N-ethyl adjacent to an activating group) is 1. The summed E-state index contributed by atoms with van der Waals surface area (Å²) in [5, 5.41) is 10.4. The zero-order valence-electron chi connectivity index (χ0n) is 17.8. The average molecular weight is 438 g/mol. The zero-order chi connectivity index (χ0) is 22.1. The highest BCUT2D eigenvalue weighted by Crippen LogP contribution is 2.66. The van der Waals surface area contributed by atoms with Crippen molar-refractivity contribution >= 4 is 13.5 Å². The number of Topliss-reactive ketones (excluding diaryl/α,β-unsaturated/α-hetero) is 1. The fraction of sp³-hybridized carbons (Fsp3) is 0.417. The molecule has 2 aliphatic rings. The Bertz CT molecular complexity index is 1020. The summed E-state index contributed by atoms with van der Waals surface area (Å²) in [6.45, 7) is 1.93. The lowest BCUT2D eigenvalue weighted by Gasteiger charge is -2.39. The van der Waals surface area contributed by atoms with Crippen LogP contribution in [0.3, 0.4) is 0 Å². The summed E-state index contributed by atoms with van der Waals surface area (Å²) < 4.78 is 28.0. The van der Waals surface area contributed by atoms with Crippen LogP contribution in [0.1, 0.15) is 49.8 Å². The van der Waals surface area contributed by atoms with Crippen molar-refractivity contribution < 1.29 is 18.4 Å². The molecule has 1 aliphatic carbocycles. The van der Waals surface area contributed by atoms with E-state index in [0.717, 1.165) is 5.56 Å². The lowest BCUT2D eigenvalue weighted by atomic mass is 9.74. The Balaban J connectivity index is 1.74. The minimum atomic E-state index is -3.83. The Morgan fingerprint density at radius 1 is 1.16 bits per heavy atom. The molecule has 31 heavy (non-hydrogen) atoms. The minimum Gasteiger partial charge on any atom is -0.300 e. The smallest absolute Gasteiger partial charge is 0.300 e. The summed E-state index contributed by atoms with van der Waals surface area (Å²) in [4.78, 5) is 12.3. The first-order valence-corrected chi connectivity index (χ1v) is 12.1. The van der Waals surface area contributed by atoms with Crippen LogP contribution >= 0.6 is 7.75 Å². The van der Waals surface area contributed by atoms with Gasteiger partial charge in [0.1, 0.15) is 18.0 Å². The third kappa shape index (κ3) is 4.00. The van der Waals surface area contributed by atoms with E-state index >= 15 is 0 Å². The van der Waals surface area contributed by atoms with Crippen molar-refractivity contribution in [3.8, 4) is 6.07 Å². The molecule has 0 bridgehead atoms. The third-order valence-electron chi connectivity index (χ3n) is 6.47. The van der Waals surface area contributed by atoms with Crippen LogP contribution < -0.4 is 0 Å². The van der Waals surface area contributed by atoms with Gasteiger partial charge >= 0.3 is 7.75 Å². The van der Waals surface area contributed by atoms with Crippen molar-refractivity contribution in [2.45, 2.75) is 50.4 Å². The molecule has 7 heteroatoms. The van der Waals surface area contributed by atoms with E-state index in [2.05, 4.69) is 6.07 Å². The molecule has 5 unspecified atom stereocenters. The van der Waals surface area contributed by atoms with Crippen molar-refractivity contribution in [2.24, 2.45) is 5.92 Å². The summed E-state index contributed by atoms with van der Waals surface area (Å²) in [6, 6.07) is 20.8. The predicted molar refractivity (Wildman–Crippen MR) is 117 cm³/mol. The summed E-state index contributed by atoms with van der Waals surface area (Å²) in [7, 11) is -2.13. The molecule has 0 radical (unpaired) electrons. The minimum absolute atomic E-state index is 0.102. The first kappa shape index (κ1) is 21.9. The normalized spacial score (nSPS) is 31.1. The molecule has 1 saturated carbocycles. The second kappa shape index (κ2) is 8.68. The summed E-state index contributed by atoms with van der Waals surface area (Å²) >= 11 is 0. The first-order valence-electron chi connectivity index (χ1n) is 10.7. The Hall–Kier alpha value is -2.29. The van der Waals surface area contributed by atoms with Gasteiger partial charge in [0.15, 0.2) is 5.60 Å². The number of nitrogens with zero attached hydrogens (tertiary/aromatic N) is 2. The van der Waals surface area contributed by atoms with E-state index in [0.29, 0.717) is 24.8 Å². The van der Waals surface area contributed by atoms with Crippen molar-refractivity contribution in [3.63, 3.8) is 0 Å². The number of ketones is 1. The molecule has 4 rings (SSSR count).